The van der Waals surface area contributed by atoms with Gasteiger partial charge in [0.15, 0.2) is 28.4 Å². The average molecular weight is 1570 g/mol. The summed E-state index contributed by atoms with van der Waals surface area (Å²) in [6.45, 7) is 10.9. The molecule has 15 aromatic heterocycles. The Balaban J connectivity index is 0.000000123. The van der Waals surface area contributed by atoms with Crippen molar-refractivity contribution in [1.29, 1.82) is 0 Å². The number of nitrogens with one attached hydrogen (secondary N) is 2. The van der Waals surface area contributed by atoms with Gasteiger partial charge in [0, 0.05) is 89.9 Å². The molecule has 3 saturated carbocycles. The number of nitrogens with zero attached hydrogens (tertiary/aromatic N) is 17. The maximum absolute atomic E-state index is 9.78. The molecule has 21 nitrogen and oxygen atoms in total. The summed E-state index contributed by atoms with van der Waals surface area (Å²) in [6.07, 6.45) is 31.1. The Morgan fingerprint density at radius 1 is 0.393 bits per heavy atom. The van der Waals surface area contributed by atoms with E-state index >= 15 is 0 Å². The van der Waals surface area contributed by atoms with E-state index in [9.17, 15) is 10.2 Å². The number of aryl methyl sites for hydroxylation is 4. The van der Waals surface area contributed by atoms with Gasteiger partial charge in [-0.1, -0.05) is 53.5 Å². The highest BCUT2D eigenvalue weighted by atomic mass is 32.1. The van der Waals surface area contributed by atoms with Crippen LogP contribution in [0.2, 0.25) is 0 Å². The summed E-state index contributed by atoms with van der Waals surface area (Å²) in [7, 11) is 4.29. The van der Waals surface area contributed by atoms with Gasteiger partial charge in [-0.15, -0.1) is 65.7 Å². The van der Waals surface area contributed by atoms with Crippen molar-refractivity contribution in [3.8, 4) is 42.3 Å². The molecule has 0 saturated heterocycles. The molecule has 576 valence electrons. The van der Waals surface area contributed by atoms with E-state index in [1.165, 1.54) is 78.4 Å². The molecule has 0 spiro atoms. The van der Waals surface area contributed by atoms with Gasteiger partial charge in [-0.25, -0.2) is 38.0 Å². The predicted octanol–water partition coefficient (Wildman–Crippen LogP) is 21.0. The molecule has 3 aliphatic carbocycles. The maximum Gasteiger partial charge on any atom is 0.154 e. The Morgan fingerprint density at radius 3 is 1.36 bits per heavy atom. The van der Waals surface area contributed by atoms with E-state index in [1.807, 2.05) is 140 Å². The molecule has 0 unspecified atom stereocenters. The Hall–Kier alpha value is -10.7. The van der Waals surface area contributed by atoms with Crippen LogP contribution in [0.25, 0.3) is 105 Å². The number of fused-ring (bicyclic) bond motifs is 8. The number of aliphatic hydroxyl groups is 2. The van der Waals surface area contributed by atoms with Crippen LogP contribution in [-0.4, -0.2) is 128 Å². The summed E-state index contributed by atoms with van der Waals surface area (Å²) in [5, 5.41) is 50.6. The monoisotopic (exact) mass is 1570 g/mol. The molecule has 17 aromatic rings. The summed E-state index contributed by atoms with van der Waals surface area (Å²) in [5.41, 5.74) is 13.5. The summed E-state index contributed by atoms with van der Waals surface area (Å²) in [6, 6.07) is 43.1. The molecule has 0 bridgehead atoms. The first-order chi connectivity index (χ1) is 53.1. The highest BCUT2D eigenvalue weighted by Gasteiger charge is 2.27. The molecular formula is C87H97N19O2S4. The number of rotatable bonds is 12. The zero-order valence-electron chi connectivity index (χ0n) is 61.9. The van der Waals surface area contributed by atoms with E-state index in [4.69, 9.17) is 20.4 Å². The molecule has 0 radical (unpaired) electrons. The van der Waals surface area contributed by atoms with Crippen LogP contribution in [0.4, 0.5) is 29.0 Å². The van der Waals surface area contributed by atoms with Gasteiger partial charge >= 0.3 is 0 Å². The van der Waals surface area contributed by atoms with Crippen molar-refractivity contribution in [2.45, 2.75) is 164 Å². The van der Waals surface area contributed by atoms with Crippen LogP contribution in [-0.2, 0) is 0 Å². The highest BCUT2D eigenvalue weighted by Crippen LogP contribution is 2.40. The molecule has 15 heterocycles. The van der Waals surface area contributed by atoms with E-state index in [1.54, 1.807) is 34.0 Å². The molecule has 3 fully saturated rings. The van der Waals surface area contributed by atoms with Crippen molar-refractivity contribution in [1.82, 2.24) is 73.3 Å². The van der Waals surface area contributed by atoms with Gasteiger partial charge in [0.2, 0.25) is 0 Å². The Bertz CT molecular complexity index is 5850. The van der Waals surface area contributed by atoms with Gasteiger partial charge in [-0.05, 0) is 246 Å². The molecule has 0 atom stereocenters. The van der Waals surface area contributed by atoms with Crippen LogP contribution in [0.15, 0.2) is 183 Å². The number of thiophene rings is 4. The third-order valence-corrected chi connectivity index (χ3v) is 26.5. The Labute approximate surface area is 668 Å². The lowest BCUT2D eigenvalue weighted by atomic mass is 9.87. The minimum Gasteiger partial charge on any atom is -0.393 e. The predicted molar refractivity (Wildman–Crippen MR) is 466 cm³/mol. The van der Waals surface area contributed by atoms with Crippen LogP contribution in [0.3, 0.4) is 0 Å². The van der Waals surface area contributed by atoms with Crippen molar-refractivity contribution < 1.29 is 10.2 Å². The zero-order valence-corrected chi connectivity index (χ0v) is 65.2. The summed E-state index contributed by atoms with van der Waals surface area (Å²) in [5.74, 6) is 4.46. The average Bonchev–Trinajstić information content (AvgIpc) is 1.64. The third-order valence-electron chi connectivity index (χ3n) is 21.7. The van der Waals surface area contributed by atoms with E-state index in [-0.39, 0.29) is 34.5 Å². The molecule has 20 rings (SSSR count). The van der Waals surface area contributed by atoms with E-state index < -0.39 is 0 Å². The summed E-state index contributed by atoms with van der Waals surface area (Å²) >= 11 is 6.98. The lowest BCUT2D eigenvalue weighted by molar-refractivity contribution is 0.122. The van der Waals surface area contributed by atoms with Crippen molar-refractivity contribution in [2.24, 2.45) is 5.92 Å². The number of hydrogen-bond donors (Lipinski definition) is 4. The lowest BCUT2D eigenvalue weighted by Gasteiger charge is -2.34. The first kappa shape index (κ1) is 78.0. The number of benzene rings is 2. The SMILES string of the molecule is C.C.C.Cc1ccc(Nc2ccc3ncc(-c4cc5ccncc5s4)n3n2)cc1C.Cc1cccc2cc(-c3cnc4ccc(N(C)C5CCC(C)CC5)nn34)sc12.Cc1cncc2cc(-c3cnc4ccc(N(C)C5CCC(O)CC5)nn34)sc12.OC1CCC(Nc2ccc3ncc(-c4cc5ccncc5s4)n3n2)CC1. The maximum atomic E-state index is 9.78. The number of aliphatic hydroxyl groups excluding tert-OH is 2. The van der Waals surface area contributed by atoms with Gasteiger partial charge in [-0.2, -0.15) is 0 Å². The summed E-state index contributed by atoms with van der Waals surface area (Å²) in [4.78, 5) is 40.1. The van der Waals surface area contributed by atoms with Gasteiger partial charge in [0.1, 0.15) is 40.2 Å². The van der Waals surface area contributed by atoms with Crippen LogP contribution < -0.4 is 20.4 Å². The largest absolute Gasteiger partial charge is 0.393 e. The van der Waals surface area contributed by atoms with Crippen molar-refractivity contribution >= 4 is 137 Å². The zero-order chi connectivity index (χ0) is 74.4. The van der Waals surface area contributed by atoms with Crippen LogP contribution in [0, 0.1) is 33.6 Å². The topological polar surface area (TPSA) is 230 Å². The fourth-order valence-electron chi connectivity index (χ4n) is 15.1. The normalized spacial score (nSPS) is 17.6. The standard InChI is InChI=1S/C23H26N4S.C21H23N5OS.C21H17N5S.C19H19N5OS.3CH4/c1-15-7-9-18(10-8-15)26(3)22-12-11-21-24-14-19(27(21)25-22)20-13-17-6-4-5-16(2)23(17)28-20;1-13-10-22-11-14-9-18(28-21(13)14)17-12-23-19-7-8-20(24-26(17)19)25(2)15-3-5-16(27)6-4-15;1-13-3-4-16(9-14(13)2)24-20-5-6-21-23-11-17(26(21)25-20)18-10-15-7-8-22-12-19(15)27-18;25-14-3-1-13(2-4-14)22-18-5-6-19-21-10-15(24(19)23-18)16-9-12-7-8-20-11-17(12)26-16;;;/h4-6,11-15,18H,7-10H2,1-3H3;7-12,15-16,27H,3-6H2,1-2H3;3-12H,1-2H3,(H,24,25);5-11,13-14,25H,1-4H2,(H,22,23);3*1H4. The van der Waals surface area contributed by atoms with Crippen LogP contribution in [0.5, 0.6) is 0 Å². The molecule has 25 heteroatoms. The minimum atomic E-state index is -0.147. The second-order valence-corrected chi connectivity index (χ2v) is 33.6. The second kappa shape index (κ2) is 33.7. The number of hydrogen-bond acceptors (Lipinski definition) is 21. The molecule has 3 aliphatic rings. The first-order valence-electron chi connectivity index (χ1n) is 37.5. The third kappa shape index (κ3) is 16.4. The van der Waals surface area contributed by atoms with Crippen molar-refractivity contribution in [3.05, 3.63) is 206 Å². The van der Waals surface area contributed by atoms with Crippen molar-refractivity contribution in [3.63, 3.8) is 0 Å². The second-order valence-electron chi connectivity index (χ2n) is 29.3. The fraction of sp³-hybridized carbons (Fsp3) is 0.322. The lowest BCUT2D eigenvalue weighted by Crippen LogP contribution is -2.37. The number of pyridine rings is 3. The van der Waals surface area contributed by atoms with E-state index in [0.29, 0.717) is 18.1 Å². The molecule has 112 heavy (non-hydrogen) atoms. The van der Waals surface area contributed by atoms with Crippen molar-refractivity contribution in [2.75, 3.05) is 34.5 Å². The fourth-order valence-corrected chi connectivity index (χ4v) is 19.4. The Kier molecular flexibility index (Phi) is 23.5. The smallest absolute Gasteiger partial charge is 0.154 e. The number of aromatic nitrogens is 15. The number of imidazole rings is 4. The van der Waals surface area contributed by atoms with Crippen LogP contribution in [0.1, 0.15) is 129 Å². The van der Waals surface area contributed by atoms with Crippen LogP contribution >= 0.6 is 45.3 Å². The van der Waals surface area contributed by atoms with Gasteiger partial charge in [0.05, 0.1) is 65.9 Å². The molecule has 2 aromatic carbocycles. The Morgan fingerprint density at radius 2 is 0.848 bits per heavy atom. The van der Waals surface area contributed by atoms with Gasteiger partial charge < -0.3 is 30.6 Å². The first-order valence-corrected chi connectivity index (χ1v) is 40.7. The van der Waals surface area contributed by atoms with E-state index in [2.05, 4.69) is 177 Å². The number of anilines is 5. The van der Waals surface area contributed by atoms with Gasteiger partial charge in [-0.3, -0.25) is 15.0 Å². The minimum absolute atomic E-state index is 0. The van der Waals surface area contributed by atoms with E-state index in [0.717, 1.165) is 161 Å². The van der Waals surface area contributed by atoms with Gasteiger partial charge in [0.25, 0.3) is 0 Å². The molecule has 4 N–H and O–H groups in total. The molecular weight excluding hydrogens is 1470 g/mol. The summed E-state index contributed by atoms with van der Waals surface area (Å²) < 4.78 is 12.7. The molecule has 0 aliphatic heterocycles. The molecule has 0 amide bonds. The highest BCUT2D eigenvalue weighted by molar-refractivity contribution is 7.23. The quantitative estimate of drug-likeness (QED) is 0.0891.